The van der Waals surface area contributed by atoms with Gasteiger partial charge in [-0.15, -0.1) is 0 Å². The van der Waals surface area contributed by atoms with Crippen LogP contribution in [0, 0.1) is 0 Å². The highest BCUT2D eigenvalue weighted by Crippen LogP contribution is 2.17. The van der Waals surface area contributed by atoms with E-state index in [0.29, 0.717) is 29.1 Å². The summed E-state index contributed by atoms with van der Waals surface area (Å²) in [5, 5.41) is 0.985. The number of ether oxygens (including phenoxy) is 1. The highest BCUT2D eigenvalue weighted by Gasteiger charge is 2.02. The van der Waals surface area contributed by atoms with Crippen LogP contribution in [-0.4, -0.2) is 11.6 Å². The molecule has 0 aliphatic rings. The Hall–Kier alpha value is -1.35. The molecule has 0 radical (unpaired) electrons. The molecule has 0 atom stereocenters. The molecular formula is C15H13Cl2NO. The van der Waals surface area contributed by atoms with E-state index in [4.69, 9.17) is 27.9 Å². The molecule has 19 heavy (non-hydrogen) atoms. The van der Waals surface area contributed by atoms with Crippen LogP contribution in [0.3, 0.4) is 0 Å². The van der Waals surface area contributed by atoms with Gasteiger partial charge in [0, 0.05) is 0 Å². The minimum absolute atomic E-state index is 0.346. The lowest BCUT2D eigenvalue weighted by Gasteiger charge is -2.03. The van der Waals surface area contributed by atoms with Crippen LogP contribution in [0.5, 0.6) is 0 Å². The molecule has 1 heterocycles. The number of pyridine rings is 1. The first-order valence-electron chi connectivity index (χ1n) is 5.86. The molecule has 0 aliphatic heterocycles. The lowest BCUT2D eigenvalue weighted by molar-refractivity contribution is 0.146. The summed E-state index contributed by atoms with van der Waals surface area (Å²) >= 11 is 11.8. The van der Waals surface area contributed by atoms with Crippen molar-refractivity contribution >= 4 is 29.3 Å². The molecule has 0 amide bonds. The van der Waals surface area contributed by atoms with Gasteiger partial charge in [-0.1, -0.05) is 65.7 Å². The highest BCUT2D eigenvalue weighted by molar-refractivity contribution is 6.32. The lowest BCUT2D eigenvalue weighted by atomic mass is 10.2. The Morgan fingerprint density at radius 3 is 2.63 bits per heavy atom. The summed E-state index contributed by atoms with van der Waals surface area (Å²) in [6, 6.07) is 13.4. The van der Waals surface area contributed by atoms with Crippen molar-refractivity contribution in [1.82, 2.24) is 4.98 Å². The fourth-order valence-electron chi connectivity index (χ4n) is 1.53. The van der Waals surface area contributed by atoms with Gasteiger partial charge in [0.05, 0.1) is 23.9 Å². The number of halogens is 2. The van der Waals surface area contributed by atoms with Gasteiger partial charge >= 0.3 is 0 Å². The van der Waals surface area contributed by atoms with Crippen LogP contribution in [0.4, 0.5) is 0 Å². The van der Waals surface area contributed by atoms with Crippen molar-refractivity contribution in [3.05, 3.63) is 70.0 Å². The third-order valence-electron chi connectivity index (χ3n) is 2.45. The summed E-state index contributed by atoms with van der Waals surface area (Å²) < 4.78 is 5.48. The molecule has 98 valence electrons. The Kier molecular flexibility index (Phi) is 5.40. The van der Waals surface area contributed by atoms with Crippen molar-refractivity contribution in [1.29, 1.82) is 0 Å². The van der Waals surface area contributed by atoms with E-state index in [1.807, 2.05) is 42.5 Å². The second-order valence-electron chi connectivity index (χ2n) is 3.89. The molecule has 0 unspecified atom stereocenters. The third kappa shape index (κ3) is 4.67. The number of hydrogen-bond donors (Lipinski definition) is 0. The lowest BCUT2D eigenvalue weighted by Crippen LogP contribution is -1.97. The maximum absolute atomic E-state index is 5.99. The van der Waals surface area contributed by atoms with Gasteiger partial charge in [0.25, 0.3) is 0 Å². The summed E-state index contributed by atoms with van der Waals surface area (Å²) in [4.78, 5) is 4.11. The largest absolute Gasteiger partial charge is 0.371 e. The van der Waals surface area contributed by atoms with Crippen molar-refractivity contribution in [2.24, 2.45) is 0 Å². The SMILES string of the molecule is Clc1ccc(Cl)c(COCC=Cc2ccccc2)n1. The summed E-state index contributed by atoms with van der Waals surface area (Å²) in [7, 11) is 0. The smallest absolute Gasteiger partial charge is 0.129 e. The van der Waals surface area contributed by atoms with Crippen LogP contribution in [0.15, 0.2) is 48.5 Å². The molecule has 0 spiro atoms. The monoisotopic (exact) mass is 293 g/mol. The van der Waals surface area contributed by atoms with Crippen LogP contribution < -0.4 is 0 Å². The summed E-state index contributed by atoms with van der Waals surface area (Å²) in [6.07, 6.45) is 3.96. The molecule has 2 nitrogen and oxygen atoms in total. The third-order valence-corrected chi connectivity index (χ3v) is 3.00. The Balaban J connectivity index is 1.81. The minimum atomic E-state index is 0.346. The normalized spacial score (nSPS) is 11.1. The quantitative estimate of drug-likeness (QED) is 0.593. The highest BCUT2D eigenvalue weighted by atomic mass is 35.5. The van der Waals surface area contributed by atoms with Crippen LogP contribution in [-0.2, 0) is 11.3 Å². The first-order chi connectivity index (χ1) is 9.25. The van der Waals surface area contributed by atoms with E-state index >= 15 is 0 Å². The molecule has 0 fully saturated rings. The van der Waals surface area contributed by atoms with E-state index in [0.717, 1.165) is 5.56 Å². The average molecular weight is 294 g/mol. The predicted octanol–water partition coefficient (Wildman–Crippen LogP) is 4.62. The van der Waals surface area contributed by atoms with Crippen molar-refractivity contribution in [3.8, 4) is 0 Å². The first-order valence-corrected chi connectivity index (χ1v) is 6.61. The van der Waals surface area contributed by atoms with Gasteiger partial charge in [0.1, 0.15) is 5.15 Å². The Bertz CT molecular complexity index is 555. The van der Waals surface area contributed by atoms with Crippen LogP contribution in [0.2, 0.25) is 10.2 Å². The van der Waals surface area contributed by atoms with Gasteiger partial charge in [-0.25, -0.2) is 4.98 Å². The molecule has 0 N–H and O–H groups in total. The molecule has 1 aromatic carbocycles. The van der Waals surface area contributed by atoms with Gasteiger partial charge < -0.3 is 4.74 Å². The van der Waals surface area contributed by atoms with E-state index in [1.165, 1.54) is 0 Å². The topological polar surface area (TPSA) is 22.1 Å². The van der Waals surface area contributed by atoms with Crippen molar-refractivity contribution in [2.75, 3.05) is 6.61 Å². The molecule has 1 aromatic heterocycles. The number of nitrogens with zero attached hydrogens (tertiary/aromatic N) is 1. The summed E-state index contributed by atoms with van der Waals surface area (Å²) in [5.74, 6) is 0. The maximum Gasteiger partial charge on any atom is 0.129 e. The number of aromatic nitrogens is 1. The van der Waals surface area contributed by atoms with Gasteiger partial charge in [0.2, 0.25) is 0 Å². The van der Waals surface area contributed by atoms with E-state index < -0.39 is 0 Å². The molecule has 4 heteroatoms. The Morgan fingerprint density at radius 2 is 1.84 bits per heavy atom. The molecule has 0 aliphatic carbocycles. The Morgan fingerprint density at radius 1 is 1.05 bits per heavy atom. The second-order valence-corrected chi connectivity index (χ2v) is 4.69. The zero-order valence-corrected chi connectivity index (χ0v) is 11.7. The Labute approximate surface area is 122 Å². The van der Waals surface area contributed by atoms with E-state index in [9.17, 15) is 0 Å². The molecule has 0 bridgehead atoms. The number of benzene rings is 1. The maximum atomic E-state index is 5.99. The van der Waals surface area contributed by atoms with Crippen LogP contribution in [0.25, 0.3) is 6.08 Å². The van der Waals surface area contributed by atoms with Gasteiger partial charge in [-0.2, -0.15) is 0 Å². The summed E-state index contributed by atoms with van der Waals surface area (Å²) in [5.41, 5.74) is 1.80. The van der Waals surface area contributed by atoms with Gasteiger partial charge in [-0.05, 0) is 17.7 Å². The predicted molar refractivity (Wildman–Crippen MR) is 79.4 cm³/mol. The van der Waals surface area contributed by atoms with Crippen LogP contribution >= 0.6 is 23.2 Å². The molecule has 0 saturated carbocycles. The van der Waals surface area contributed by atoms with Crippen LogP contribution in [0.1, 0.15) is 11.3 Å². The van der Waals surface area contributed by atoms with Gasteiger partial charge in [-0.3, -0.25) is 0 Å². The van der Waals surface area contributed by atoms with E-state index in [2.05, 4.69) is 4.98 Å². The molecular weight excluding hydrogens is 281 g/mol. The molecule has 2 aromatic rings. The fraction of sp³-hybridized carbons (Fsp3) is 0.133. The second kappa shape index (κ2) is 7.29. The minimum Gasteiger partial charge on any atom is -0.371 e. The van der Waals surface area contributed by atoms with E-state index in [-0.39, 0.29) is 0 Å². The summed E-state index contributed by atoms with van der Waals surface area (Å²) in [6.45, 7) is 0.845. The van der Waals surface area contributed by atoms with Crippen molar-refractivity contribution in [2.45, 2.75) is 6.61 Å². The van der Waals surface area contributed by atoms with E-state index in [1.54, 1.807) is 12.1 Å². The van der Waals surface area contributed by atoms with Gasteiger partial charge in [0.15, 0.2) is 0 Å². The first kappa shape index (κ1) is 14.1. The zero-order chi connectivity index (χ0) is 13.5. The number of rotatable bonds is 5. The fourth-order valence-corrected chi connectivity index (χ4v) is 1.86. The molecule has 0 saturated heterocycles. The van der Waals surface area contributed by atoms with Crippen molar-refractivity contribution < 1.29 is 4.74 Å². The molecule has 2 rings (SSSR count). The average Bonchev–Trinajstić information content (AvgIpc) is 2.43. The standard InChI is InChI=1S/C15H13Cl2NO/c16-13-8-9-15(17)18-14(13)11-19-10-4-7-12-5-2-1-3-6-12/h1-9H,10-11H2. The number of hydrogen-bond acceptors (Lipinski definition) is 2. The van der Waals surface area contributed by atoms with Crippen molar-refractivity contribution in [3.63, 3.8) is 0 Å². The zero-order valence-electron chi connectivity index (χ0n) is 10.2.